The molecule has 2 aliphatic rings. The van der Waals surface area contributed by atoms with Crippen molar-refractivity contribution in [1.29, 1.82) is 0 Å². The van der Waals surface area contributed by atoms with Crippen molar-refractivity contribution in [2.75, 3.05) is 33.9 Å². The van der Waals surface area contributed by atoms with E-state index in [1.807, 2.05) is 53.4 Å². The van der Waals surface area contributed by atoms with E-state index in [1.165, 1.54) is 0 Å². The summed E-state index contributed by atoms with van der Waals surface area (Å²) in [6.07, 6.45) is 3.15. The number of piperidine rings is 1. The van der Waals surface area contributed by atoms with Gasteiger partial charge in [0.1, 0.15) is 17.5 Å². The average molecular weight is 480 g/mol. The largest absolute Gasteiger partial charge is 0.497 e. The van der Waals surface area contributed by atoms with Crippen LogP contribution in [0, 0.1) is 0 Å². The van der Waals surface area contributed by atoms with Gasteiger partial charge in [0.05, 0.1) is 39.1 Å². The Balaban J connectivity index is 1.62. The Morgan fingerprint density at radius 1 is 1.03 bits per heavy atom. The van der Waals surface area contributed by atoms with Crippen molar-refractivity contribution >= 4 is 17.6 Å². The normalized spacial score (nSPS) is 20.3. The van der Waals surface area contributed by atoms with Gasteiger partial charge in [0.25, 0.3) is 5.91 Å². The molecular weight excluding hydrogens is 446 g/mol. The number of para-hydroxylation sites is 1. The summed E-state index contributed by atoms with van der Waals surface area (Å²) < 4.78 is 16.1. The van der Waals surface area contributed by atoms with Gasteiger partial charge in [-0.25, -0.2) is 5.01 Å². The predicted octanol–water partition coefficient (Wildman–Crippen LogP) is 3.80. The fourth-order valence-electron chi connectivity index (χ4n) is 4.80. The van der Waals surface area contributed by atoms with Crippen molar-refractivity contribution in [2.24, 2.45) is 5.10 Å². The molecule has 186 valence electrons. The van der Waals surface area contributed by atoms with E-state index in [-0.39, 0.29) is 24.5 Å². The minimum absolute atomic E-state index is 0.110. The van der Waals surface area contributed by atoms with Crippen LogP contribution in [0.25, 0.3) is 0 Å². The van der Waals surface area contributed by atoms with Gasteiger partial charge in [-0.05, 0) is 56.1 Å². The molecule has 4 rings (SSSR count). The number of hydrogen-bond donors (Lipinski definition) is 0. The van der Waals surface area contributed by atoms with Crippen molar-refractivity contribution in [3.63, 3.8) is 0 Å². The Morgan fingerprint density at radius 3 is 2.51 bits per heavy atom. The highest BCUT2D eigenvalue weighted by atomic mass is 16.5. The van der Waals surface area contributed by atoms with Crippen LogP contribution in [0.4, 0.5) is 0 Å². The zero-order valence-electron chi connectivity index (χ0n) is 20.6. The molecular formula is C27H33N3O5. The molecule has 0 saturated carbocycles. The number of rotatable bonds is 8. The molecule has 0 aliphatic carbocycles. The van der Waals surface area contributed by atoms with Crippen LogP contribution in [-0.2, 0) is 14.3 Å². The van der Waals surface area contributed by atoms with Crippen LogP contribution in [-0.4, -0.2) is 67.5 Å². The number of likely N-dealkylation sites (tertiary alicyclic amines) is 1. The van der Waals surface area contributed by atoms with Gasteiger partial charge >= 0.3 is 5.97 Å². The fourth-order valence-corrected chi connectivity index (χ4v) is 4.80. The number of hydrazone groups is 1. The van der Waals surface area contributed by atoms with E-state index in [4.69, 9.17) is 19.3 Å². The summed E-state index contributed by atoms with van der Waals surface area (Å²) in [6.45, 7) is 2.92. The first kappa shape index (κ1) is 24.7. The Kier molecular flexibility index (Phi) is 8.02. The molecule has 2 aliphatic heterocycles. The van der Waals surface area contributed by atoms with Gasteiger partial charge in [-0.1, -0.05) is 30.7 Å². The van der Waals surface area contributed by atoms with Crippen molar-refractivity contribution in [3.05, 3.63) is 59.7 Å². The number of benzene rings is 2. The molecule has 0 bridgehead atoms. The van der Waals surface area contributed by atoms with Gasteiger partial charge < -0.3 is 14.2 Å². The highest BCUT2D eigenvalue weighted by Gasteiger charge is 2.37. The fraction of sp³-hybridized carbons (Fsp3) is 0.444. The van der Waals surface area contributed by atoms with Crippen LogP contribution in [0.2, 0.25) is 0 Å². The van der Waals surface area contributed by atoms with E-state index in [1.54, 1.807) is 26.2 Å². The first-order chi connectivity index (χ1) is 17.0. The van der Waals surface area contributed by atoms with Crippen LogP contribution in [0.1, 0.15) is 49.8 Å². The van der Waals surface area contributed by atoms with Crippen LogP contribution in [0.5, 0.6) is 11.5 Å². The van der Waals surface area contributed by atoms with Gasteiger partial charge in [-0.15, -0.1) is 0 Å². The van der Waals surface area contributed by atoms with Crippen LogP contribution >= 0.6 is 0 Å². The molecule has 0 aromatic heterocycles. The van der Waals surface area contributed by atoms with E-state index >= 15 is 0 Å². The minimum Gasteiger partial charge on any atom is -0.497 e. The summed E-state index contributed by atoms with van der Waals surface area (Å²) in [5, 5.41) is 6.36. The third-order valence-corrected chi connectivity index (χ3v) is 6.60. The van der Waals surface area contributed by atoms with Crippen LogP contribution in [0.15, 0.2) is 53.6 Å². The second kappa shape index (κ2) is 11.4. The number of esters is 1. The maximum Gasteiger partial charge on any atom is 0.323 e. The number of carbonyl (C=O) groups is 2. The summed E-state index contributed by atoms with van der Waals surface area (Å²) in [7, 11) is 3.26. The molecule has 2 heterocycles. The topological polar surface area (TPSA) is 80.7 Å². The lowest BCUT2D eigenvalue weighted by Crippen LogP contribution is -2.49. The Hall–Kier alpha value is -3.39. The lowest BCUT2D eigenvalue weighted by molar-refractivity contribution is -0.152. The molecule has 1 amide bonds. The molecule has 2 aromatic carbocycles. The van der Waals surface area contributed by atoms with E-state index in [0.717, 1.165) is 35.4 Å². The molecule has 2 atom stereocenters. The number of amides is 1. The summed E-state index contributed by atoms with van der Waals surface area (Å²) >= 11 is 0. The molecule has 1 saturated heterocycles. The average Bonchev–Trinajstić information content (AvgIpc) is 3.34. The predicted molar refractivity (Wildman–Crippen MR) is 133 cm³/mol. The number of nitrogens with zero attached hydrogens (tertiary/aromatic N) is 3. The summed E-state index contributed by atoms with van der Waals surface area (Å²) in [6, 6.07) is 14.7. The molecule has 0 spiro atoms. The quantitative estimate of drug-likeness (QED) is 0.536. The molecule has 8 nitrogen and oxygen atoms in total. The van der Waals surface area contributed by atoms with Crippen molar-refractivity contribution in [3.8, 4) is 11.5 Å². The maximum absolute atomic E-state index is 13.6. The third-order valence-electron chi connectivity index (χ3n) is 6.60. The molecule has 0 N–H and O–H groups in total. The standard InChI is InChI=1S/C27H33N3O5/c1-4-35-27(32)23-10-7-8-16-29(23)18-26(31)30-24(19-12-14-20(33-2)15-13-19)17-22(28-30)21-9-5-6-11-25(21)34-3/h5-6,9,11-15,23-24H,4,7-8,10,16-18H2,1-3H3/t23-,24+/m1/s1. The monoisotopic (exact) mass is 479 g/mol. The van der Waals surface area contributed by atoms with Gasteiger partial charge in [0.2, 0.25) is 0 Å². The summed E-state index contributed by atoms with van der Waals surface area (Å²) in [5.74, 6) is 1.06. The maximum atomic E-state index is 13.6. The van der Waals surface area contributed by atoms with E-state index in [9.17, 15) is 9.59 Å². The van der Waals surface area contributed by atoms with Gasteiger partial charge in [-0.2, -0.15) is 5.10 Å². The molecule has 35 heavy (non-hydrogen) atoms. The van der Waals surface area contributed by atoms with Gasteiger partial charge in [0.15, 0.2) is 0 Å². The number of methoxy groups -OCH3 is 2. The van der Waals surface area contributed by atoms with E-state index < -0.39 is 6.04 Å². The zero-order valence-corrected chi connectivity index (χ0v) is 20.6. The lowest BCUT2D eigenvalue weighted by atomic mass is 9.97. The minimum atomic E-state index is -0.396. The summed E-state index contributed by atoms with van der Waals surface area (Å²) in [5.41, 5.74) is 2.62. The SMILES string of the molecule is CCOC(=O)[C@H]1CCCCN1CC(=O)N1N=C(c2ccccc2OC)C[C@H]1c1ccc(OC)cc1. The highest BCUT2D eigenvalue weighted by Crippen LogP contribution is 2.36. The van der Waals surface area contributed by atoms with Gasteiger partial charge in [-0.3, -0.25) is 14.5 Å². The van der Waals surface area contributed by atoms with E-state index in [2.05, 4.69) is 0 Å². The first-order valence-corrected chi connectivity index (χ1v) is 12.1. The number of carbonyl (C=O) groups excluding carboxylic acids is 2. The molecule has 0 radical (unpaired) electrons. The van der Waals surface area contributed by atoms with Crippen LogP contribution in [0.3, 0.4) is 0 Å². The number of hydrogen-bond acceptors (Lipinski definition) is 7. The Bertz CT molecular complexity index is 1070. The first-order valence-electron chi connectivity index (χ1n) is 12.1. The second-order valence-corrected chi connectivity index (χ2v) is 8.71. The Morgan fingerprint density at radius 2 is 1.80 bits per heavy atom. The Labute approximate surface area is 206 Å². The summed E-state index contributed by atoms with van der Waals surface area (Å²) in [4.78, 5) is 28.1. The number of ether oxygens (including phenoxy) is 3. The highest BCUT2D eigenvalue weighted by molar-refractivity contribution is 6.05. The third kappa shape index (κ3) is 5.48. The van der Waals surface area contributed by atoms with Crippen molar-refractivity contribution < 1.29 is 23.8 Å². The molecule has 8 heteroatoms. The van der Waals surface area contributed by atoms with Crippen molar-refractivity contribution in [2.45, 2.75) is 44.7 Å². The smallest absolute Gasteiger partial charge is 0.323 e. The van der Waals surface area contributed by atoms with Crippen LogP contribution < -0.4 is 9.47 Å². The second-order valence-electron chi connectivity index (χ2n) is 8.71. The van der Waals surface area contributed by atoms with E-state index in [0.29, 0.717) is 31.7 Å². The van der Waals surface area contributed by atoms with Crippen molar-refractivity contribution in [1.82, 2.24) is 9.91 Å². The lowest BCUT2D eigenvalue weighted by Gasteiger charge is -2.34. The van der Waals surface area contributed by atoms with Gasteiger partial charge in [0, 0.05) is 12.0 Å². The zero-order chi connectivity index (χ0) is 24.8. The molecule has 1 fully saturated rings. The molecule has 2 aromatic rings. The molecule has 0 unspecified atom stereocenters.